The van der Waals surface area contributed by atoms with Crippen LogP contribution in [0.5, 0.6) is 5.75 Å². The first-order chi connectivity index (χ1) is 15.1. The maximum Gasteiger partial charge on any atom is 0.330 e. The third-order valence-corrected chi connectivity index (χ3v) is 5.15. The molecule has 2 aromatic carbocycles. The summed E-state index contributed by atoms with van der Waals surface area (Å²) in [5, 5.41) is 1.52. The highest BCUT2D eigenvalue weighted by molar-refractivity contribution is 6.30. The number of nitrogens with zero attached hydrogens (tertiary/aromatic N) is 2. The van der Waals surface area contributed by atoms with E-state index in [0.717, 1.165) is 13.8 Å². The molecule has 8 nitrogen and oxygen atoms in total. The number of amides is 2. The lowest BCUT2D eigenvalue weighted by atomic mass is 10.1. The lowest BCUT2D eigenvalue weighted by molar-refractivity contribution is -0.199. The van der Waals surface area contributed by atoms with Crippen molar-refractivity contribution in [3.8, 4) is 5.75 Å². The first-order valence-electron chi connectivity index (χ1n) is 9.64. The van der Waals surface area contributed by atoms with Crippen LogP contribution in [0.2, 0.25) is 5.02 Å². The zero-order valence-corrected chi connectivity index (χ0v) is 18.7. The van der Waals surface area contributed by atoms with Gasteiger partial charge >= 0.3 is 5.97 Å². The minimum atomic E-state index is -0.799. The number of ether oxygens (including phenoxy) is 1. The van der Waals surface area contributed by atoms with Crippen LogP contribution in [0.3, 0.4) is 0 Å². The van der Waals surface area contributed by atoms with E-state index < -0.39 is 17.8 Å². The average molecular weight is 457 g/mol. The number of imide groups is 1. The van der Waals surface area contributed by atoms with Gasteiger partial charge in [-0.2, -0.15) is 0 Å². The SMILES string of the molecule is COc1ccc2c(c1)c(CC(=O)N(OC(C)=O)C(C)=O)c(C)n2C(=O)c1ccc(Cl)cc1. The van der Waals surface area contributed by atoms with Crippen LogP contribution in [0.4, 0.5) is 0 Å². The van der Waals surface area contributed by atoms with Crippen LogP contribution in [0.1, 0.15) is 35.5 Å². The predicted octanol–water partition coefficient (Wildman–Crippen LogP) is 3.70. The second-order valence-corrected chi connectivity index (χ2v) is 7.50. The minimum absolute atomic E-state index is 0.275. The Morgan fingerprint density at radius 2 is 1.69 bits per heavy atom. The fraction of sp³-hybridized carbons (Fsp3) is 0.217. The Kier molecular flexibility index (Phi) is 6.64. The van der Waals surface area contributed by atoms with Crippen molar-refractivity contribution >= 4 is 46.2 Å². The van der Waals surface area contributed by atoms with Crippen LogP contribution in [0.25, 0.3) is 10.9 Å². The number of halogens is 1. The van der Waals surface area contributed by atoms with Crippen molar-refractivity contribution in [2.75, 3.05) is 7.11 Å². The first kappa shape index (κ1) is 23.0. The van der Waals surface area contributed by atoms with E-state index in [1.807, 2.05) is 0 Å². The Labute approximate surface area is 189 Å². The maximum absolute atomic E-state index is 13.3. The molecule has 9 heteroatoms. The van der Waals surface area contributed by atoms with E-state index in [0.29, 0.717) is 43.6 Å². The zero-order chi connectivity index (χ0) is 23.6. The third kappa shape index (κ3) is 4.50. The fourth-order valence-electron chi connectivity index (χ4n) is 3.44. The standard InChI is InChI=1S/C23H21ClN2O6/c1-13-19(12-22(29)26(14(2)27)32-15(3)28)20-11-18(31-4)9-10-21(20)25(13)23(30)16-5-7-17(24)8-6-16/h5-11H,12H2,1-4H3. The van der Waals surface area contributed by atoms with E-state index in [-0.39, 0.29) is 12.3 Å². The van der Waals surface area contributed by atoms with E-state index in [1.54, 1.807) is 49.4 Å². The minimum Gasteiger partial charge on any atom is -0.497 e. The summed E-state index contributed by atoms with van der Waals surface area (Å²) in [6, 6.07) is 11.6. The normalized spacial score (nSPS) is 10.7. The molecule has 0 aliphatic heterocycles. The molecule has 0 spiro atoms. The van der Waals surface area contributed by atoms with E-state index >= 15 is 0 Å². The van der Waals surface area contributed by atoms with Gasteiger partial charge in [0, 0.05) is 35.5 Å². The molecular weight excluding hydrogens is 436 g/mol. The van der Waals surface area contributed by atoms with Crippen LogP contribution in [-0.4, -0.2) is 40.4 Å². The monoisotopic (exact) mass is 456 g/mol. The zero-order valence-electron chi connectivity index (χ0n) is 18.0. The van der Waals surface area contributed by atoms with Crippen molar-refractivity contribution in [1.82, 2.24) is 9.63 Å². The van der Waals surface area contributed by atoms with Gasteiger partial charge in [-0.05, 0) is 55.0 Å². The molecule has 32 heavy (non-hydrogen) atoms. The Bertz CT molecular complexity index is 1230. The molecule has 0 N–H and O–H groups in total. The fourth-order valence-corrected chi connectivity index (χ4v) is 3.56. The summed E-state index contributed by atoms with van der Waals surface area (Å²) in [5.74, 6) is -2.05. The Morgan fingerprint density at radius 3 is 2.25 bits per heavy atom. The van der Waals surface area contributed by atoms with Crippen LogP contribution in [0, 0.1) is 6.92 Å². The number of hydrogen-bond donors (Lipinski definition) is 0. The third-order valence-electron chi connectivity index (χ3n) is 4.90. The van der Waals surface area contributed by atoms with Crippen molar-refractivity contribution in [2.24, 2.45) is 0 Å². The summed E-state index contributed by atoms with van der Waals surface area (Å²) in [6.45, 7) is 3.91. The topological polar surface area (TPSA) is 94.9 Å². The predicted molar refractivity (Wildman–Crippen MR) is 117 cm³/mol. The van der Waals surface area contributed by atoms with Crippen LogP contribution >= 0.6 is 11.6 Å². The largest absolute Gasteiger partial charge is 0.497 e. The Balaban J connectivity index is 2.13. The van der Waals surface area contributed by atoms with E-state index in [1.165, 1.54) is 11.7 Å². The van der Waals surface area contributed by atoms with Gasteiger partial charge in [0.1, 0.15) is 5.75 Å². The molecule has 0 unspecified atom stereocenters. The molecule has 0 aliphatic carbocycles. The molecule has 0 fully saturated rings. The van der Waals surface area contributed by atoms with Gasteiger partial charge < -0.3 is 9.57 Å². The second kappa shape index (κ2) is 9.23. The number of methoxy groups -OCH3 is 1. The highest BCUT2D eigenvalue weighted by atomic mass is 35.5. The quantitative estimate of drug-likeness (QED) is 0.555. The van der Waals surface area contributed by atoms with Crippen molar-refractivity contribution < 1.29 is 28.8 Å². The summed E-state index contributed by atoms with van der Waals surface area (Å²) in [7, 11) is 1.51. The molecule has 1 aromatic heterocycles. The summed E-state index contributed by atoms with van der Waals surface area (Å²) in [4.78, 5) is 54.0. The summed E-state index contributed by atoms with van der Waals surface area (Å²) in [5.41, 5.74) is 1.98. The average Bonchev–Trinajstić information content (AvgIpc) is 3.02. The summed E-state index contributed by atoms with van der Waals surface area (Å²) in [6.07, 6.45) is -0.275. The smallest absolute Gasteiger partial charge is 0.330 e. The molecular formula is C23H21ClN2O6. The molecule has 166 valence electrons. The second-order valence-electron chi connectivity index (χ2n) is 7.06. The van der Waals surface area contributed by atoms with Gasteiger partial charge in [-0.3, -0.25) is 19.0 Å². The van der Waals surface area contributed by atoms with Gasteiger partial charge in [0.2, 0.25) is 0 Å². The van der Waals surface area contributed by atoms with Gasteiger partial charge in [-0.25, -0.2) is 4.79 Å². The van der Waals surface area contributed by atoms with E-state index in [9.17, 15) is 19.2 Å². The lowest BCUT2D eigenvalue weighted by Gasteiger charge is -2.16. The van der Waals surface area contributed by atoms with Crippen molar-refractivity contribution in [3.05, 3.63) is 64.3 Å². The molecule has 0 atom stereocenters. The van der Waals surface area contributed by atoms with Crippen LogP contribution in [0.15, 0.2) is 42.5 Å². The maximum atomic E-state index is 13.3. The number of carbonyl (C=O) groups is 4. The van der Waals surface area contributed by atoms with Gasteiger partial charge in [-0.15, -0.1) is 5.06 Å². The molecule has 0 radical (unpaired) electrons. The molecule has 3 aromatic rings. The van der Waals surface area contributed by atoms with Gasteiger partial charge in [0.05, 0.1) is 19.0 Å². The lowest BCUT2D eigenvalue weighted by Crippen LogP contribution is -2.37. The Morgan fingerprint density at radius 1 is 1.03 bits per heavy atom. The number of fused-ring (bicyclic) bond motifs is 1. The molecule has 2 amide bonds. The van der Waals surface area contributed by atoms with Gasteiger partial charge in [-0.1, -0.05) is 11.6 Å². The van der Waals surface area contributed by atoms with Crippen molar-refractivity contribution in [1.29, 1.82) is 0 Å². The number of aromatic nitrogens is 1. The van der Waals surface area contributed by atoms with Crippen LogP contribution in [-0.2, 0) is 25.6 Å². The molecule has 0 saturated heterocycles. The van der Waals surface area contributed by atoms with Gasteiger partial charge in [0.15, 0.2) is 0 Å². The molecule has 3 rings (SSSR count). The summed E-state index contributed by atoms with van der Waals surface area (Å²) < 4.78 is 6.79. The molecule has 0 bridgehead atoms. The number of hydroxylamine groups is 2. The molecule has 0 aliphatic rings. The van der Waals surface area contributed by atoms with E-state index in [2.05, 4.69) is 0 Å². The van der Waals surface area contributed by atoms with E-state index in [4.69, 9.17) is 21.2 Å². The number of rotatable bonds is 4. The van der Waals surface area contributed by atoms with Crippen molar-refractivity contribution in [2.45, 2.75) is 27.2 Å². The first-order valence-corrected chi connectivity index (χ1v) is 10.0. The number of benzene rings is 2. The van der Waals surface area contributed by atoms with Crippen LogP contribution < -0.4 is 4.74 Å². The highest BCUT2D eigenvalue weighted by Gasteiger charge is 2.27. The number of carbonyl (C=O) groups excluding carboxylic acids is 4. The van der Waals surface area contributed by atoms with Crippen molar-refractivity contribution in [3.63, 3.8) is 0 Å². The Hall–Kier alpha value is -3.65. The molecule has 1 heterocycles. The summed E-state index contributed by atoms with van der Waals surface area (Å²) >= 11 is 5.94. The highest BCUT2D eigenvalue weighted by Crippen LogP contribution is 2.31. The molecule has 0 saturated carbocycles. The van der Waals surface area contributed by atoms with Gasteiger partial charge in [0.25, 0.3) is 17.7 Å². The number of hydrogen-bond acceptors (Lipinski definition) is 6.